The summed E-state index contributed by atoms with van der Waals surface area (Å²) < 4.78 is 0. The van der Waals surface area contributed by atoms with Gasteiger partial charge in [0.05, 0.1) is 0 Å². The van der Waals surface area contributed by atoms with Gasteiger partial charge in [-0.3, -0.25) is 0 Å². The van der Waals surface area contributed by atoms with E-state index in [0.29, 0.717) is 0 Å². The van der Waals surface area contributed by atoms with Crippen LogP contribution in [0.2, 0.25) is 0 Å². The quantitative estimate of drug-likeness (QED) is 0.717. The maximum absolute atomic E-state index is 8.74. The number of piperidine rings is 1. The van der Waals surface area contributed by atoms with Crippen LogP contribution in [0.3, 0.4) is 0 Å². The molecule has 0 saturated carbocycles. The summed E-state index contributed by atoms with van der Waals surface area (Å²) in [6.45, 7) is 1.75. The van der Waals surface area contributed by atoms with Crippen LogP contribution in [0.5, 0.6) is 0 Å². The van der Waals surface area contributed by atoms with Crippen molar-refractivity contribution in [2.45, 2.75) is 19.3 Å². The van der Waals surface area contributed by atoms with Crippen LogP contribution in [-0.4, -0.2) is 23.4 Å². The molecule has 3 heteroatoms. The Labute approximate surface area is 64.1 Å². The molecule has 2 nitrogen and oxygen atoms in total. The summed E-state index contributed by atoms with van der Waals surface area (Å²) in [5.41, 5.74) is 0. The van der Waals surface area contributed by atoms with E-state index < -0.39 is 0 Å². The fourth-order valence-corrected chi connectivity index (χ4v) is 0.877. The summed E-state index contributed by atoms with van der Waals surface area (Å²) >= 11 is 0. The fourth-order valence-electron chi connectivity index (χ4n) is 0.877. The van der Waals surface area contributed by atoms with Gasteiger partial charge in [0, 0.05) is 34.2 Å². The fraction of sp³-hybridized carbons (Fsp3) is 1.00. The second-order valence-corrected chi connectivity index (χ2v) is 2.01. The van der Waals surface area contributed by atoms with Gasteiger partial charge in [-0.05, 0) is 12.8 Å². The second-order valence-electron chi connectivity index (χ2n) is 2.01. The minimum atomic E-state index is 0. The summed E-state index contributed by atoms with van der Waals surface area (Å²) in [6, 6.07) is 0. The first kappa shape index (κ1) is 8.61. The number of hydrogen-bond donors (Lipinski definition) is 1. The molecule has 1 heterocycles. The summed E-state index contributed by atoms with van der Waals surface area (Å²) in [6.07, 6.45) is 3.62. The summed E-state index contributed by atoms with van der Waals surface area (Å²) in [4.78, 5) is 0. The molecule has 0 bridgehead atoms. The van der Waals surface area contributed by atoms with E-state index in [9.17, 15) is 0 Å². The van der Waals surface area contributed by atoms with Crippen LogP contribution in [0, 0.1) is 0 Å². The van der Waals surface area contributed by atoms with Gasteiger partial charge < -0.3 is 5.21 Å². The molecule has 1 rings (SSSR count). The Morgan fingerprint density at radius 1 is 1.00 bits per heavy atom. The van der Waals surface area contributed by atoms with Crippen LogP contribution in [0.1, 0.15) is 19.3 Å². The average Bonchev–Trinajstić information content (AvgIpc) is 1.69. The third kappa shape index (κ3) is 2.80. The zero-order valence-corrected chi connectivity index (χ0v) is 7.02. The maximum atomic E-state index is 8.74. The molecule has 1 aliphatic heterocycles. The van der Waals surface area contributed by atoms with E-state index in [1.54, 1.807) is 0 Å². The summed E-state index contributed by atoms with van der Waals surface area (Å²) in [5.74, 6) is 0. The van der Waals surface area contributed by atoms with E-state index in [1.807, 2.05) is 0 Å². The topological polar surface area (TPSA) is 23.5 Å². The molecule has 1 saturated heterocycles. The minimum Gasteiger partial charge on any atom is -0.314 e. The molecule has 0 aromatic heterocycles. The van der Waals surface area contributed by atoms with Gasteiger partial charge in [0.1, 0.15) is 0 Å². The van der Waals surface area contributed by atoms with Crippen molar-refractivity contribution >= 4 is 0 Å². The van der Waals surface area contributed by atoms with E-state index in [2.05, 4.69) is 0 Å². The van der Waals surface area contributed by atoms with E-state index in [1.165, 1.54) is 11.5 Å². The first-order chi connectivity index (χ1) is 3.39. The van der Waals surface area contributed by atoms with Gasteiger partial charge in [0.25, 0.3) is 0 Å². The minimum absolute atomic E-state index is 0. The Bertz CT molecular complexity index is 54.4. The summed E-state index contributed by atoms with van der Waals surface area (Å²) in [7, 11) is 0. The van der Waals surface area contributed by atoms with Crippen LogP contribution in [-0.2, 0) is 21.1 Å². The zero-order valence-electron chi connectivity index (χ0n) is 4.75. The second kappa shape index (κ2) is 4.48. The number of rotatable bonds is 0. The van der Waals surface area contributed by atoms with E-state index in [0.717, 1.165) is 25.9 Å². The third-order valence-corrected chi connectivity index (χ3v) is 1.33. The van der Waals surface area contributed by atoms with Gasteiger partial charge in [-0.15, -0.1) is 0 Å². The predicted octanol–water partition coefficient (Wildman–Crippen LogP) is 0.859. The van der Waals surface area contributed by atoms with Crippen molar-refractivity contribution in [3.05, 3.63) is 0 Å². The van der Waals surface area contributed by atoms with Crippen molar-refractivity contribution in [2.75, 3.05) is 13.1 Å². The van der Waals surface area contributed by atoms with Crippen LogP contribution in [0.4, 0.5) is 0 Å². The first-order valence-electron chi connectivity index (χ1n) is 2.83. The first-order valence-corrected chi connectivity index (χ1v) is 2.83. The number of hydroxylamine groups is 2. The standard InChI is InChI=1S/C5H11NO.Pt/c7-6-4-2-1-3-5-6;/h7H,1-5H2;. The van der Waals surface area contributed by atoms with Crippen LogP contribution in [0.15, 0.2) is 0 Å². The van der Waals surface area contributed by atoms with Gasteiger partial charge in [-0.1, -0.05) is 6.42 Å². The average molecular weight is 296 g/mol. The smallest absolute Gasteiger partial charge is 0.0238 e. The molecule has 52 valence electrons. The Morgan fingerprint density at radius 2 is 1.50 bits per heavy atom. The van der Waals surface area contributed by atoms with Crippen LogP contribution in [0.25, 0.3) is 0 Å². The third-order valence-electron chi connectivity index (χ3n) is 1.33. The maximum Gasteiger partial charge on any atom is 0.0238 e. The molecule has 0 unspecified atom stereocenters. The molecule has 0 atom stereocenters. The van der Waals surface area contributed by atoms with Crippen molar-refractivity contribution in [1.29, 1.82) is 0 Å². The van der Waals surface area contributed by atoms with Gasteiger partial charge in [0.2, 0.25) is 0 Å². The molecule has 0 aromatic rings. The van der Waals surface area contributed by atoms with Crippen LogP contribution >= 0.6 is 0 Å². The van der Waals surface area contributed by atoms with Crippen molar-refractivity contribution in [3.63, 3.8) is 0 Å². The molecular formula is C5H11NOPt. The molecule has 0 radical (unpaired) electrons. The van der Waals surface area contributed by atoms with Crippen molar-refractivity contribution in [3.8, 4) is 0 Å². The molecular weight excluding hydrogens is 285 g/mol. The van der Waals surface area contributed by atoms with Crippen LogP contribution < -0.4 is 0 Å². The number of hydrogen-bond acceptors (Lipinski definition) is 2. The molecule has 1 fully saturated rings. The predicted molar refractivity (Wildman–Crippen MR) is 27.2 cm³/mol. The summed E-state index contributed by atoms with van der Waals surface area (Å²) in [5, 5.41) is 10.1. The van der Waals surface area contributed by atoms with E-state index >= 15 is 0 Å². The van der Waals surface area contributed by atoms with Gasteiger partial charge in [0.15, 0.2) is 0 Å². The van der Waals surface area contributed by atoms with Crippen molar-refractivity contribution in [1.82, 2.24) is 5.06 Å². The molecule has 8 heavy (non-hydrogen) atoms. The van der Waals surface area contributed by atoms with Gasteiger partial charge in [-0.25, -0.2) is 0 Å². The monoisotopic (exact) mass is 296 g/mol. The Morgan fingerprint density at radius 3 is 1.75 bits per heavy atom. The SMILES string of the molecule is ON1CCCCC1.[Pt]. The normalized spacial score (nSPS) is 22.1. The van der Waals surface area contributed by atoms with Gasteiger partial charge >= 0.3 is 0 Å². The number of nitrogens with zero attached hydrogens (tertiary/aromatic N) is 1. The molecule has 0 amide bonds. The molecule has 1 N–H and O–H groups in total. The molecule has 0 spiro atoms. The zero-order chi connectivity index (χ0) is 5.11. The van der Waals surface area contributed by atoms with E-state index in [-0.39, 0.29) is 21.1 Å². The molecule has 0 aromatic carbocycles. The van der Waals surface area contributed by atoms with Gasteiger partial charge in [-0.2, -0.15) is 5.06 Å². The Hall–Kier alpha value is 0.608. The molecule has 0 aliphatic carbocycles. The molecule has 1 aliphatic rings. The van der Waals surface area contributed by atoms with E-state index in [4.69, 9.17) is 5.21 Å². The Balaban J connectivity index is 0.000000490. The van der Waals surface area contributed by atoms with Crippen molar-refractivity contribution in [2.24, 2.45) is 0 Å². The van der Waals surface area contributed by atoms with Crippen molar-refractivity contribution < 1.29 is 26.3 Å². The largest absolute Gasteiger partial charge is 0.314 e. The Kier molecular flexibility index (Phi) is 4.82.